The molecular formula is C19H25N3O. The topological polar surface area (TPSA) is 38.1 Å². The molecule has 4 nitrogen and oxygen atoms in total. The summed E-state index contributed by atoms with van der Waals surface area (Å²) >= 11 is 0. The van der Waals surface area contributed by atoms with Crippen LogP contribution in [0.4, 0.5) is 0 Å². The minimum absolute atomic E-state index is 0.256. The number of carbonyl (C=O) groups excluding carboxylic acids is 1. The van der Waals surface area contributed by atoms with Crippen LogP contribution >= 0.6 is 0 Å². The van der Waals surface area contributed by atoms with E-state index in [1.165, 1.54) is 5.56 Å². The lowest BCUT2D eigenvalue weighted by Crippen LogP contribution is -2.35. The molecule has 2 aromatic rings. The Labute approximate surface area is 138 Å². The van der Waals surface area contributed by atoms with Crippen molar-refractivity contribution in [2.45, 2.75) is 39.8 Å². The zero-order valence-corrected chi connectivity index (χ0v) is 14.0. The third kappa shape index (κ3) is 4.21. The lowest BCUT2D eigenvalue weighted by atomic mass is 10.2. The first kappa shape index (κ1) is 15.8. The maximum atomic E-state index is 12.5. The van der Waals surface area contributed by atoms with Crippen LogP contribution in [-0.4, -0.2) is 26.9 Å². The Hall–Kier alpha value is -2.10. The Morgan fingerprint density at radius 2 is 2.04 bits per heavy atom. The van der Waals surface area contributed by atoms with Crippen LogP contribution in [0.2, 0.25) is 0 Å². The van der Waals surface area contributed by atoms with Gasteiger partial charge in [-0.15, -0.1) is 0 Å². The summed E-state index contributed by atoms with van der Waals surface area (Å²) in [6.07, 6.45) is 5.92. The standard InChI is InChI=1S/C19H25N3O/c1-15(2)12-22(19(23)17-8-9-17)14-18-20-10-11-21(18)13-16-6-4-3-5-7-16/h3-7,10-11,15,17H,8-9,12-14H2,1-2H3. The van der Waals surface area contributed by atoms with E-state index in [0.29, 0.717) is 18.4 Å². The average molecular weight is 311 g/mol. The van der Waals surface area contributed by atoms with Crippen molar-refractivity contribution in [2.24, 2.45) is 11.8 Å². The predicted molar refractivity (Wildman–Crippen MR) is 90.8 cm³/mol. The highest BCUT2D eigenvalue weighted by molar-refractivity contribution is 5.81. The van der Waals surface area contributed by atoms with E-state index in [1.54, 1.807) is 0 Å². The van der Waals surface area contributed by atoms with E-state index in [9.17, 15) is 4.79 Å². The van der Waals surface area contributed by atoms with Crippen molar-refractivity contribution in [1.29, 1.82) is 0 Å². The number of carbonyl (C=O) groups is 1. The van der Waals surface area contributed by atoms with Crippen LogP contribution in [0.15, 0.2) is 42.7 Å². The van der Waals surface area contributed by atoms with Gasteiger partial charge in [0.2, 0.25) is 5.91 Å². The summed E-state index contributed by atoms with van der Waals surface area (Å²) in [6, 6.07) is 10.4. The zero-order chi connectivity index (χ0) is 16.2. The largest absolute Gasteiger partial charge is 0.335 e. The van der Waals surface area contributed by atoms with Gasteiger partial charge < -0.3 is 9.47 Å². The summed E-state index contributed by atoms with van der Waals surface area (Å²) in [4.78, 5) is 19.0. The molecule has 1 aliphatic carbocycles. The summed E-state index contributed by atoms with van der Waals surface area (Å²) in [6.45, 7) is 6.51. The van der Waals surface area contributed by atoms with Crippen molar-refractivity contribution >= 4 is 5.91 Å². The molecule has 0 aliphatic heterocycles. The fourth-order valence-corrected chi connectivity index (χ4v) is 2.85. The number of aromatic nitrogens is 2. The fraction of sp³-hybridized carbons (Fsp3) is 0.474. The van der Waals surface area contributed by atoms with Gasteiger partial charge in [0.15, 0.2) is 0 Å². The maximum Gasteiger partial charge on any atom is 0.226 e. The molecule has 23 heavy (non-hydrogen) atoms. The molecule has 122 valence electrons. The maximum absolute atomic E-state index is 12.5. The number of hydrogen-bond donors (Lipinski definition) is 0. The molecule has 3 rings (SSSR count). The van der Waals surface area contributed by atoms with Crippen molar-refractivity contribution in [3.63, 3.8) is 0 Å². The van der Waals surface area contributed by atoms with Crippen LogP contribution in [0.5, 0.6) is 0 Å². The Bertz CT molecular complexity index is 644. The Morgan fingerprint density at radius 3 is 2.70 bits per heavy atom. The van der Waals surface area contributed by atoms with Crippen molar-refractivity contribution in [3.05, 3.63) is 54.1 Å². The van der Waals surface area contributed by atoms with Gasteiger partial charge in [-0.3, -0.25) is 4.79 Å². The van der Waals surface area contributed by atoms with Gasteiger partial charge in [-0.1, -0.05) is 44.2 Å². The molecule has 0 saturated heterocycles. The minimum Gasteiger partial charge on any atom is -0.335 e. The molecule has 0 N–H and O–H groups in total. The van der Waals surface area contributed by atoms with Gasteiger partial charge >= 0.3 is 0 Å². The molecule has 0 spiro atoms. The van der Waals surface area contributed by atoms with Gasteiger partial charge in [-0.25, -0.2) is 4.98 Å². The lowest BCUT2D eigenvalue weighted by Gasteiger charge is -2.24. The number of amides is 1. The second-order valence-electron chi connectivity index (χ2n) is 6.84. The molecule has 1 aromatic heterocycles. The van der Waals surface area contributed by atoms with Crippen LogP contribution in [0.3, 0.4) is 0 Å². The molecular weight excluding hydrogens is 286 g/mol. The molecule has 0 radical (unpaired) electrons. The van der Waals surface area contributed by atoms with Crippen molar-refractivity contribution in [2.75, 3.05) is 6.54 Å². The predicted octanol–water partition coefficient (Wildman–Crippen LogP) is 3.33. The van der Waals surface area contributed by atoms with E-state index in [1.807, 2.05) is 35.5 Å². The van der Waals surface area contributed by atoms with Gasteiger partial charge in [-0.05, 0) is 24.3 Å². The summed E-state index contributed by atoms with van der Waals surface area (Å²) in [5.41, 5.74) is 1.25. The molecule has 1 heterocycles. The van der Waals surface area contributed by atoms with Gasteiger partial charge in [-0.2, -0.15) is 0 Å². The van der Waals surface area contributed by atoms with Crippen molar-refractivity contribution < 1.29 is 4.79 Å². The first-order valence-corrected chi connectivity index (χ1v) is 8.46. The second kappa shape index (κ2) is 6.99. The Balaban J connectivity index is 1.72. The molecule has 1 aliphatic rings. The molecule has 1 fully saturated rings. The SMILES string of the molecule is CC(C)CN(Cc1nccn1Cc1ccccc1)C(=O)C1CC1. The molecule has 1 saturated carbocycles. The van der Waals surface area contributed by atoms with Crippen molar-refractivity contribution in [3.8, 4) is 0 Å². The summed E-state index contributed by atoms with van der Waals surface area (Å²) in [5.74, 6) is 1.98. The Kier molecular flexibility index (Phi) is 4.79. The third-order valence-corrected chi connectivity index (χ3v) is 4.15. The normalized spacial score (nSPS) is 14.2. The van der Waals surface area contributed by atoms with Crippen LogP contribution in [-0.2, 0) is 17.9 Å². The Morgan fingerprint density at radius 1 is 1.30 bits per heavy atom. The quantitative estimate of drug-likeness (QED) is 0.786. The number of rotatable bonds is 7. The molecule has 4 heteroatoms. The highest BCUT2D eigenvalue weighted by Crippen LogP contribution is 2.31. The van der Waals surface area contributed by atoms with Crippen LogP contribution in [0.25, 0.3) is 0 Å². The lowest BCUT2D eigenvalue weighted by molar-refractivity contribution is -0.133. The number of imidazole rings is 1. The summed E-state index contributed by atoms with van der Waals surface area (Å²) in [5, 5.41) is 0. The molecule has 0 unspecified atom stereocenters. The highest BCUT2D eigenvalue weighted by atomic mass is 16.2. The monoisotopic (exact) mass is 311 g/mol. The minimum atomic E-state index is 0.256. The van der Waals surface area contributed by atoms with Crippen LogP contribution in [0.1, 0.15) is 38.1 Å². The van der Waals surface area contributed by atoms with Gasteiger partial charge in [0.1, 0.15) is 5.82 Å². The van der Waals surface area contributed by atoms with E-state index >= 15 is 0 Å². The first-order chi connectivity index (χ1) is 11.1. The number of nitrogens with zero attached hydrogens (tertiary/aromatic N) is 3. The average Bonchev–Trinajstić information content (AvgIpc) is 3.29. The van der Waals surface area contributed by atoms with E-state index in [-0.39, 0.29) is 5.92 Å². The van der Waals surface area contributed by atoms with Crippen LogP contribution < -0.4 is 0 Å². The van der Waals surface area contributed by atoms with E-state index < -0.39 is 0 Å². The van der Waals surface area contributed by atoms with Gasteiger partial charge in [0.25, 0.3) is 0 Å². The summed E-state index contributed by atoms with van der Waals surface area (Å²) < 4.78 is 2.14. The van der Waals surface area contributed by atoms with Crippen molar-refractivity contribution in [1.82, 2.24) is 14.5 Å². The molecule has 0 atom stereocenters. The first-order valence-electron chi connectivity index (χ1n) is 8.46. The number of benzene rings is 1. The van der Waals surface area contributed by atoms with Crippen LogP contribution in [0, 0.1) is 11.8 Å². The highest BCUT2D eigenvalue weighted by Gasteiger charge is 2.34. The molecule has 0 bridgehead atoms. The fourth-order valence-electron chi connectivity index (χ4n) is 2.85. The molecule has 1 aromatic carbocycles. The van der Waals surface area contributed by atoms with E-state index in [2.05, 4.69) is 35.5 Å². The molecule has 1 amide bonds. The second-order valence-corrected chi connectivity index (χ2v) is 6.84. The van der Waals surface area contributed by atoms with Gasteiger partial charge in [0, 0.05) is 31.4 Å². The van der Waals surface area contributed by atoms with E-state index in [0.717, 1.165) is 31.8 Å². The summed E-state index contributed by atoms with van der Waals surface area (Å²) in [7, 11) is 0. The smallest absolute Gasteiger partial charge is 0.226 e. The van der Waals surface area contributed by atoms with E-state index in [4.69, 9.17) is 0 Å². The third-order valence-electron chi connectivity index (χ3n) is 4.15. The zero-order valence-electron chi connectivity index (χ0n) is 14.0. The van der Waals surface area contributed by atoms with Gasteiger partial charge in [0.05, 0.1) is 6.54 Å². The number of hydrogen-bond acceptors (Lipinski definition) is 2.